The first-order valence-corrected chi connectivity index (χ1v) is 3.13. The van der Waals surface area contributed by atoms with Crippen molar-refractivity contribution in [3.05, 3.63) is 0 Å². The Balaban J connectivity index is 0. The molecule has 0 unspecified atom stereocenters. The van der Waals surface area contributed by atoms with Gasteiger partial charge in [-0.2, -0.15) is 0 Å². The van der Waals surface area contributed by atoms with Crippen LogP contribution < -0.4 is 0 Å². The van der Waals surface area contributed by atoms with Crippen molar-refractivity contribution >= 4 is 25.8 Å². The van der Waals surface area contributed by atoms with Crippen LogP contribution in [0.3, 0.4) is 0 Å². The molecule has 8 heavy (non-hydrogen) atoms. The predicted octanol–water partition coefficient (Wildman–Crippen LogP) is 1.50. The second-order valence-corrected chi connectivity index (χ2v) is 3.02. The molecule has 0 atom stereocenters. The molecule has 0 aliphatic carbocycles. The fourth-order valence-corrected chi connectivity index (χ4v) is 0.943. The molecule has 0 aromatic heterocycles. The van der Waals surface area contributed by atoms with Crippen LogP contribution in [0.25, 0.3) is 0 Å². The molecule has 0 bridgehead atoms. The molecule has 0 aliphatic heterocycles. The molecule has 0 aliphatic rings. The van der Waals surface area contributed by atoms with Crippen molar-refractivity contribution in [1.82, 2.24) is 0 Å². The fourth-order valence-electron chi connectivity index (χ4n) is 0.943. The first-order chi connectivity index (χ1) is 3.13. The van der Waals surface area contributed by atoms with Gasteiger partial charge < -0.3 is 0 Å². The number of hydrogen-bond donors (Lipinski definition) is 0. The van der Waals surface area contributed by atoms with E-state index in [0.717, 1.165) is 11.8 Å². The Morgan fingerprint density at radius 1 is 0.875 bits per heavy atom. The van der Waals surface area contributed by atoms with Gasteiger partial charge in [0.1, 0.15) is 0 Å². The average Bonchev–Trinajstić information content (AvgIpc) is 1.27. The summed E-state index contributed by atoms with van der Waals surface area (Å²) in [5.74, 6) is 1.75. The summed E-state index contributed by atoms with van der Waals surface area (Å²) in [6.07, 6.45) is 1.36. The van der Waals surface area contributed by atoms with Crippen LogP contribution in [0.4, 0.5) is 0 Å². The van der Waals surface area contributed by atoms with Crippen LogP contribution in [0.2, 0.25) is 0 Å². The SMILES string of the molecule is CC(C)CC(C)C.[InH3]. The molecular formula is C7H19In. The Labute approximate surface area is 71.8 Å². The van der Waals surface area contributed by atoms with Crippen molar-refractivity contribution < 1.29 is 0 Å². The molecular weight excluding hydrogens is 199 g/mol. The zero-order valence-electron chi connectivity index (χ0n) is 5.86. The van der Waals surface area contributed by atoms with Crippen LogP contribution in [-0.4, -0.2) is 25.8 Å². The summed E-state index contributed by atoms with van der Waals surface area (Å²) in [6.45, 7) is 9.06. The zero-order chi connectivity index (χ0) is 5.86. The summed E-state index contributed by atoms with van der Waals surface area (Å²) < 4.78 is 0. The summed E-state index contributed by atoms with van der Waals surface area (Å²) in [4.78, 5) is 0. The van der Waals surface area contributed by atoms with Crippen molar-refractivity contribution in [1.29, 1.82) is 0 Å². The molecule has 0 nitrogen and oxygen atoms in total. The minimum absolute atomic E-state index is 0. The van der Waals surface area contributed by atoms with Crippen molar-refractivity contribution in [3.63, 3.8) is 0 Å². The van der Waals surface area contributed by atoms with E-state index in [1.54, 1.807) is 0 Å². The van der Waals surface area contributed by atoms with Crippen LogP contribution >= 0.6 is 0 Å². The van der Waals surface area contributed by atoms with Gasteiger partial charge >= 0.3 is 25.8 Å². The Hall–Kier alpha value is 0.870. The summed E-state index contributed by atoms with van der Waals surface area (Å²) >= 11 is 0. The van der Waals surface area contributed by atoms with E-state index in [9.17, 15) is 0 Å². The zero-order valence-corrected chi connectivity index (χ0v) is 5.86. The van der Waals surface area contributed by atoms with E-state index in [0.29, 0.717) is 0 Å². The molecule has 0 saturated carbocycles. The van der Waals surface area contributed by atoms with Gasteiger partial charge in [-0.3, -0.25) is 0 Å². The van der Waals surface area contributed by atoms with Crippen molar-refractivity contribution in [2.24, 2.45) is 11.8 Å². The number of hydrogen-bond acceptors (Lipinski definition) is 0. The van der Waals surface area contributed by atoms with Crippen LogP contribution in [0, 0.1) is 11.8 Å². The van der Waals surface area contributed by atoms with Crippen LogP contribution in [0.15, 0.2) is 0 Å². The minimum atomic E-state index is 0. The first kappa shape index (κ1) is 11.6. The third kappa shape index (κ3) is 9.98. The van der Waals surface area contributed by atoms with E-state index < -0.39 is 0 Å². The van der Waals surface area contributed by atoms with Gasteiger partial charge in [0, 0.05) is 0 Å². The van der Waals surface area contributed by atoms with E-state index in [1.807, 2.05) is 0 Å². The number of rotatable bonds is 2. The third-order valence-electron chi connectivity index (χ3n) is 0.943. The van der Waals surface area contributed by atoms with Gasteiger partial charge in [0.25, 0.3) is 0 Å². The molecule has 0 N–H and O–H groups in total. The monoisotopic (exact) mass is 218 g/mol. The molecule has 0 rings (SSSR count). The Morgan fingerprint density at radius 2 is 1.12 bits per heavy atom. The van der Waals surface area contributed by atoms with E-state index in [1.165, 1.54) is 6.42 Å². The normalized spacial score (nSPS) is 9.75. The summed E-state index contributed by atoms with van der Waals surface area (Å²) in [6, 6.07) is 0. The van der Waals surface area contributed by atoms with Gasteiger partial charge in [0.15, 0.2) is 0 Å². The third-order valence-corrected chi connectivity index (χ3v) is 0.943. The molecule has 50 valence electrons. The molecule has 0 saturated heterocycles. The molecule has 0 fully saturated rings. The molecule has 0 spiro atoms. The van der Waals surface area contributed by atoms with E-state index in [2.05, 4.69) is 27.7 Å². The fraction of sp³-hybridized carbons (Fsp3) is 1.00. The molecule has 0 amide bonds. The molecule has 0 aromatic carbocycles. The van der Waals surface area contributed by atoms with Crippen molar-refractivity contribution in [2.75, 3.05) is 0 Å². The molecule has 0 radical (unpaired) electrons. The van der Waals surface area contributed by atoms with E-state index in [-0.39, 0.29) is 25.8 Å². The Morgan fingerprint density at radius 3 is 1.12 bits per heavy atom. The van der Waals surface area contributed by atoms with Gasteiger partial charge in [-0.1, -0.05) is 27.7 Å². The maximum atomic E-state index is 2.26. The quantitative estimate of drug-likeness (QED) is 0.658. The molecule has 0 heterocycles. The Kier molecular flexibility index (Phi) is 8.73. The van der Waals surface area contributed by atoms with E-state index in [4.69, 9.17) is 0 Å². The summed E-state index contributed by atoms with van der Waals surface area (Å²) in [5, 5.41) is 0. The standard InChI is InChI=1S/C7H16.In.3H/c1-6(2)5-7(3)4;;;;/h6-7H,5H2,1-4H3;;;;. The van der Waals surface area contributed by atoms with Crippen molar-refractivity contribution in [3.8, 4) is 0 Å². The molecule has 1 heteroatoms. The topological polar surface area (TPSA) is 0 Å². The van der Waals surface area contributed by atoms with E-state index >= 15 is 0 Å². The van der Waals surface area contributed by atoms with Gasteiger partial charge in [-0.25, -0.2) is 0 Å². The van der Waals surface area contributed by atoms with Crippen LogP contribution in [-0.2, 0) is 0 Å². The first-order valence-electron chi connectivity index (χ1n) is 3.13. The maximum absolute atomic E-state index is 2.26. The van der Waals surface area contributed by atoms with Crippen LogP contribution in [0.1, 0.15) is 34.1 Å². The second kappa shape index (κ2) is 6.00. The Bertz CT molecular complexity index is 33.7. The summed E-state index contributed by atoms with van der Waals surface area (Å²) in [7, 11) is 0. The predicted molar refractivity (Wildman–Crippen MR) is 44.2 cm³/mol. The second-order valence-electron chi connectivity index (χ2n) is 3.02. The average molecular weight is 218 g/mol. The van der Waals surface area contributed by atoms with Crippen LogP contribution in [0.5, 0.6) is 0 Å². The van der Waals surface area contributed by atoms with Crippen molar-refractivity contribution in [2.45, 2.75) is 34.1 Å². The molecule has 0 aromatic rings. The van der Waals surface area contributed by atoms with Gasteiger partial charge in [-0.15, -0.1) is 0 Å². The summed E-state index contributed by atoms with van der Waals surface area (Å²) in [5.41, 5.74) is 0. The van der Waals surface area contributed by atoms with Gasteiger partial charge in [-0.05, 0) is 18.3 Å². The van der Waals surface area contributed by atoms with Gasteiger partial charge in [0.05, 0.1) is 0 Å². The van der Waals surface area contributed by atoms with Gasteiger partial charge in [0.2, 0.25) is 0 Å².